The second-order valence-electron chi connectivity index (χ2n) is 4.47. The lowest BCUT2D eigenvalue weighted by Crippen LogP contribution is -2.48. The molecule has 0 aliphatic carbocycles. The van der Waals surface area contributed by atoms with Crippen LogP contribution >= 0.6 is 24.8 Å². The summed E-state index contributed by atoms with van der Waals surface area (Å²) in [5, 5.41) is 2.60. The fraction of sp³-hybridized carbons (Fsp3) is 0.455. The van der Waals surface area contributed by atoms with Gasteiger partial charge in [0.05, 0.1) is 5.56 Å². The van der Waals surface area contributed by atoms with E-state index in [1.807, 2.05) is 0 Å². The first kappa shape index (κ1) is 21.3. The fourth-order valence-electron chi connectivity index (χ4n) is 1.13. The van der Waals surface area contributed by atoms with Crippen LogP contribution in [0.1, 0.15) is 29.9 Å². The Bertz CT molecular complexity index is 436. The quantitative estimate of drug-likeness (QED) is 0.892. The molecule has 0 spiro atoms. The third-order valence-electron chi connectivity index (χ3n) is 2.28. The van der Waals surface area contributed by atoms with Crippen LogP contribution in [0.4, 0.5) is 13.2 Å². The number of aromatic nitrogens is 1. The molecule has 0 aromatic carbocycles. The summed E-state index contributed by atoms with van der Waals surface area (Å²) in [6.45, 7) is 3.64. The van der Waals surface area contributed by atoms with Crippen molar-refractivity contribution in [2.75, 3.05) is 6.54 Å². The Morgan fingerprint density at radius 2 is 1.85 bits per heavy atom. The highest BCUT2D eigenvalue weighted by molar-refractivity contribution is 5.94. The Morgan fingerprint density at radius 3 is 2.20 bits per heavy atom. The van der Waals surface area contributed by atoms with E-state index in [0.29, 0.717) is 0 Å². The van der Waals surface area contributed by atoms with Gasteiger partial charge in [-0.05, 0) is 26.0 Å². The third-order valence-corrected chi connectivity index (χ3v) is 2.28. The zero-order valence-electron chi connectivity index (χ0n) is 10.8. The maximum absolute atomic E-state index is 12.3. The van der Waals surface area contributed by atoms with Crippen LogP contribution in [0, 0.1) is 0 Å². The van der Waals surface area contributed by atoms with E-state index < -0.39 is 23.3 Å². The SMILES string of the molecule is CC(C)(CN)NC(=O)c1ccc(C(F)(F)F)nc1.Cl.Cl. The standard InChI is InChI=1S/C11H14F3N3O.2ClH/c1-10(2,6-15)17-9(18)7-3-4-8(16-5-7)11(12,13)14;;/h3-5H,6,15H2,1-2H3,(H,17,18);2*1H. The summed E-state index contributed by atoms with van der Waals surface area (Å²) < 4.78 is 36.8. The van der Waals surface area contributed by atoms with E-state index >= 15 is 0 Å². The van der Waals surface area contributed by atoms with Crippen LogP contribution in [0.15, 0.2) is 18.3 Å². The van der Waals surface area contributed by atoms with Gasteiger partial charge in [0, 0.05) is 18.3 Å². The number of carbonyl (C=O) groups excluding carboxylic acids is 1. The van der Waals surface area contributed by atoms with Gasteiger partial charge in [-0.1, -0.05) is 0 Å². The number of alkyl halides is 3. The van der Waals surface area contributed by atoms with Crippen molar-refractivity contribution in [2.45, 2.75) is 25.6 Å². The van der Waals surface area contributed by atoms with E-state index in [4.69, 9.17) is 5.73 Å². The van der Waals surface area contributed by atoms with Gasteiger partial charge in [0.2, 0.25) is 0 Å². The summed E-state index contributed by atoms with van der Waals surface area (Å²) in [4.78, 5) is 14.9. The molecule has 0 saturated carbocycles. The molecule has 20 heavy (non-hydrogen) atoms. The second-order valence-corrected chi connectivity index (χ2v) is 4.47. The molecule has 3 N–H and O–H groups in total. The number of nitrogens with one attached hydrogen (secondary N) is 1. The molecular formula is C11H16Cl2F3N3O. The van der Waals surface area contributed by atoms with Gasteiger partial charge in [-0.3, -0.25) is 9.78 Å². The minimum Gasteiger partial charge on any atom is -0.346 e. The lowest BCUT2D eigenvalue weighted by atomic mass is 10.1. The van der Waals surface area contributed by atoms with E-state index in [0.717, 1.165) is 18.3 Å². The largest absolute Gasteiger partial charge is 0.433 e. The normalized spacial score (nSPS) is 11.1. The van der Waals surface area contributed by atoms with Crippen molar-refractivity contribution in [3.05, 3.63) is 29.6 Å². The summed E-state index contributed by atoms with van der Waals surface area (Å²) in [6, 6.07) is 1.85. The number of amides is 1. The van der Waals surface area contributed by atoms with Gasteiger partial charge in [0.1, 0.15) is 5.69 Å². The van der Waals surface area contributed by atoms with Gasteiger partial charge >= 0.3 is 6.18 Å². The van der Waals surface area contributed by atoms with Gasteiger partial charge in [-0.15, -0.1) is 24.8 Å². The molecule has 1 amide bonds. The maximum atomic E-state index is 12.3. The first-order chi connectivity index (χ1) is 8.15. The lowest BCUT2D eigenvalue weighted by molar-refractivity contribution is -0.141. The molecule has 0 bridgehead atoms. The summed E-state index contributed by atoms with van der Waals surface area (Å²) in [6.07, 6.45) is -3.61. The van der Waals surface area contributed by atoms with Crippen molar-refractivity contribution in [3.63, 3.8) is 0 Å². The fourth-order valence-corrected chi connectivity index (χ4v) is 1.13. The van der Waals surface area contributed by atoms with Crippen LogP contribution in [0.3, 0.4) is 0 Å². The molecule has 0 radical (unpaired) electrons. The number of nitrogens with zero attached hydrogens (tertiary/aromatic N) is 1. The predicted octanol–water partition coefficient (Wildman–Crippen LogP) is 2.41. The number of carbonyl (C=O) groups is 1. The van der Waals surface area contributed by atoms with Crippen LogP contribution in [-0.2, 0) is 6.18 Å². The topological polar surface area (TPSA) is 68.0 Å². The average Bonchev–Trinajstić information content (AvgIpc) is 2.27. The Morgan fingerprint density at radius 1 is 1.30 bits per heavy atom. The molecule has 0 fully saturated rings. The van der Waals surface area contributed by atoms with Crippen LogP contribution in [0.5, 0.6) is 0 Å². The zero-order chi connectivity index (χ0) is 14.0. The van der Waals surface area contributed by atoms with Crippen molar-refractivity contribution in [2.24, 2.45) is 5.73 Å². The van der Waals surface area contributed by atoms with Gasteiger partial charge in [-0.25, -0.2) is 0 Å². The van der Waals surface area contributed by atoms with Crippen LogP contribution in [0.2, 0.25) is 0 Å². The number of halogens is 5. The first-order valence-electron chi connectivity index (χ1n) is 5.21. The second kappa shape index (κ2) is 7.66. The molecular weight excluding hydrogens is 318 g/mol. The summed E-state index contributed by atoms with van der Waals surface area (Å²) in [5.41, 5.74) is 3.84. The molecule has 0 saturated heterocycles. The molecule has 0 atom stereocenters. The molecule has 0 aliphatic heterocycles. The minimum absolute atomic E-state index is 0. The Balaban J connectivity index is 0. The summed E-state index contributed by atoms with van der Waals surface area (Å²) >= 11 is 0. The van der Waals surface area contributed by atoms with E-state index in [2.05, 4.69) is 10.3 Å². The van der Waals surface area contributed by atoms with Crippen LogP contribution < -0.4 is 11.1 Å². The molecule has 1 aromatic heterocycles. The van der Waals surface area contributed by atoms with Gasteiger partial charge in [0.25, 0.3) is 5.91 Å². The Hall–Kier alpha value is -1.05. The summed E-state index contributed by atoms with van der Waals surface area (Å²) in [5.74, 6) is -0.508. The van der Waals surface area contributed by atoms with E-state index in [9.17, 15) is 18.0 Å². The molecule has 9 heteroatoms. The van der Waals surface area contributed by atoms with Crippen LogP contribution in [-0.4, -0.2) is 23.0 Å². The molecule has 0 aliphatic rings. The third kappa shape index (κ3) is 5.94. The number of rotatable bonds is 3. The van der Waals surface area contributed by atoms with E-state index in [1.54, 1.807) is 13.8 Å². The van der Waals surface area contributed by atoms with Gasteiger partial charge < -0.3 is 11.1 Å². The van der Waals surface area contributed by atoms with Crippen molar-refractivity contribution in [1.29, 1.82) is 0 Å². The number of nitrogens with two attached hydrogens (primary N) is 1. The predicted molar refractivity (Wildman–Crippen MR) is 74.3 cm³/mol. The van der Waals surface area contributed by atoms with Gasteiger partial charge in [-0.2, -0.15) is 13.2 Å². The Labute approximate surface area is 127 Å². The number of hydrogen-bond acceptors (Lipinski definition) is 3. The smallest absolute Gasteiger partial charge is 0.346 e. The van der Waals surface area contributed by atoms with Crippen molar-refractivity contribution >= 4 is 30.7 Å². The monoisotopic (exact) mass is 333 g/mol. The van der Waals surface area contributed by atoms with E-state index in [1.165, 1.54) is 0 Å². The number of hydrogen-bond donors (Lipinski definition) is 2. The first-order valence-corrected chi connectivity index (χ1v) is 5.21. The highest BCUT2D eigenvalue weighted by Gasteiger charge is 2.32. The zero-order valence-corrected chi connectivity index (χ0v) is 12.5. The number of pyridine rings is 1. The lowest BCUT2D eigenvalue weighted by Gasteiger charge is -2.24. The highest BCUT2D eigenvalue weighted by Crippen LogP contribution is 2.27. The molecule has 4 nitrogen and oxygen atoms in total. The minimum atomic E-state index is -4.51. The van der Waals surface area contributed by atoms with Crippen molar-refractivity contribution in [3.8, 4) is 0 Å². The van der Waals surface area contributed by atoms with E-state index in [-0.39, 0.29) is 36.9 Å². The van der Waals surface area contributed by atoms with Crippen molar-refractivity contribution < 1.29 is 18.0 Å². The van der Waals surface area contributed by atoms with Gasteiger partial charge in [0.15, 0.2) is 0 Å². The molecule has 0 unspecified atom stereocenters. The summed E-state index contributed by atoms with van der Waals surface area (Å²) in [7, 11) is 0. The van der Waals surface area contributed by atoms with Crippen LogP contribution in [0.25, 0.3) is 0 Å². The average molecular weight is 334 g/mol. The molecule has 1 rings (SSSR count). The molecule has 1 heterocycles. The Kier molecular flexibility index (Phi) is 8.14. The maximum Gasteiger partial charge on any atom is 0.433 e. The highest BCUT2D eigenvalue weighted by atomic mass is 35.5. The van der Waals surface area contributed by atoms with Crippen molar-refractivity contribution in [1.82, 2.24) is 10.3 Å². The molecule has 116 valence electrons. The molecule has 1 aromatic rings.